The van der Waals surface area contributed by atoms with E-state index >= 15 is 14.4 Å². The van der Waals surface area contributed by atoms with Crippen LogP contribution < -0.4 is 62.9 Å². The molecule has 3 aromatic rings. The Labute approximate surface area is 693 Å². The number of amidine groups is 1. The minimum Gasteiger partial charge on any atom is -0.480 e. The number of nitrogens with two attached hydrogens (primary N) is 2. The summed E-state index contributed by atoms with van der Waals surface area (Å²) in [5, 5.41) is 136. The van der Waals surface area contributed by atoms with Gasteiger partial charge in [0.05, 0.1) is 41.4 Å². The van der Waals surface area contributed by atoms with Crippen LogP contribution in [0, 0.1) is 11.8 Å². The van der Waals surface area contributed by atoms with Gasteiger partial charge in [0.25, 0.3) is 0 Å². The maximum absolute atomic E-state index is 15.8. The number of carbonyl (C=O) groups is 7. The Morgan fingerprint density at radius 3 is 2.14 bits per heavy atom. The van der Waals surface area contributed by atoms with Crippen molar-refractivity contribution in [3.8, 4) is 28.4 Å². The molecule has 0 radical (unpaired) electrons. The Hall–Kier alpha value is -8.79. The summed E-state index contributed by atoms with van der Waals surface area (Å²) in [6.07, 6.45) is -12.5. The summed E-state index contributed by atoms with van der Waals surface area (Å²) < 4.78 is 40.2. The number of halogens is 3. The van der Waals surface area contributed by atoms with Gasteiger partial charge >= 0.3 is 5.97 Å². The van der Waals surface area contributed by atoms with E-state index in [1.165, 1.54) is 62.7 Å². The predicted octanol–water partition coefficient (Wildman–Crippen LogP) is 1.42. The second kappa shape index (κ2) is 37.1. The Balaban J connectivity index is 1.03. The number of hydrogen-bond donors (Lipinski definition) is 19. The molecule has 0 saturated carbocycles. The van der Waals surface area contributed by atoms with Gasteiger partial charge in [-0.05, 0) is 158 Å². The predicted molar refractivity (Wildman–Crippen MR) is 427 cm³/mol. The fraction of sp³-hybridized carbons (Fsp3) is 0.488. The van der Waals surface area contributed by atoms with Crippen LogP contribution in [0.4, 0.5) is 0 Å². The van der Waals surface area contributed by atoms with E-state index in [4.69, 9.17) is 79.7 Å². The normalized spacial score (nSPS) is 31.7. The van der Waals surface area contributed by atoms with E-state index < -0.39 is 217 Å². The zero-order valence-corrected chi connectivity index (χ0v) is 67.5. The average Bonchev–Trinajstić information content (AvgIpc) is 1.55. The van der Waals surface area contributed by atoms with Crippen LogP contribution in [0.5, 0.6) is 17.2 Å². The van der Waals surface area contributed by atoms with Crippen LogP contribution in [0.1, 0.15) is 103 Å². The molecule has 2 fully saturated rings. The summed E-state index contributed by atoms with van der Waals surface area (Å²) in [6, 6.07) is 5.54. The molecule has 11 aliphatic rings. The van der Waals surface area contributed by atoms with E-state index in [2.05, 4.69) is 37.2 Å². The van der Waals surface area contributed by atoms with Crippen LogP contribution in [-0.4, -0.2) is 240 Å². The maximum Gasteiger partial charge on any atom is 0.325 e. The fourth-order valence-electron chi connectivity index (χ4n) is 16.4. The highest BCUT2D eigenvalue weighted by atomic mass is 35.5. The molecule has 0 aromatic heterocycles. The van der Waals surface area contributed by atoms with E-state index in [0.717, 1.165) is 16.7 Å². The van der Waals surface area contributed by atoms with Gasteiger partial charge in [-0.15, -0.1) is 11.6 Å². The first-order chi connectivity index (χ1) is 56.0. The lowest BCUT2D eigenvalue weighted by atomic mass is 9.77. The van der Waals surface area contributed by atoms with Gasteiger partial charge in [0.2, 0.25) is 47.4 Å². The lowest BCUT2D eigenvalue weighted by Gasteiger charge is -2.48. The number of aldehydes is 1. The zero-order valence-electron chi connectivity index (χ0n) is 65.2. The molecular weight excluding hydrogens is 1600 g/mol. The molecule has 118 heavy (non-hydrogen) atoms. The van der Waals surface area contributed by atoms with E-state index in [0.29, 0.717) is 5.02 Å². The van der Waals surface area contributed by atoms with Gasteiger partial charge in [-0.3, -0.25) is 33.8 Å². The summed E-state index contributed by atoms with van der Waals surface area (Å²) in [7, 11) is 2.86. The van der Waals surface area contributed by atoms with Gasteiger partial charge in [0.1, 0.15) is 84.4 Å². The van der Waals surface area contributed by atoms with Gasteiger partial charge in [-0.2, -0.15) is 0 Å². The van der Waals surface area contributed by atoms with Crippen LogP contribution in [-0.2, 0) is 54.3 Å². The fourth-order valence-corrected chi connectivity index (χ4v) is 17.1. The highest BCUT2D eigenvalue weighted by molar-refractivity contribution is 6.31. The van der Waals surface area contributed by atoms with Crippen molar-refractivity contribution in [2.45, 2.75) is 219 Å². The first kappa shape index (κ1) is 88.5. The Morgan fingerprint density at radius 1 is 0.822 bits per heavy atom. The van der Waals surface area contributed by atoms with Crippen molar-refractivity contribution < 1.29 is 113 Å². The highest BCUT2D eigenvalue weighted by Gasteiger charge is 2.55. The number of carbonyl (C=O) groups excluding carboxylic acids is 6. The molecule has 0 spiro atoms. The Bertz CT molecular complexity index is 4660. The summed E-state index contributed by atoms with van der Waals surface area (Å²) in [6.45, 7) is 6.37. The van der Waals surface area contributed by atoms with Crippen LogP contribution in [0.25, 0.3) is 11.1 Å². The third-order valence-electron chi connectivity index (χ3n) is 22.8. The molecule has 636 valence electrons. The number of hydrogen-bond acceptors (Lipinski definition) is 27. The molecule has 5 aliphatic carbocycles. The smallest absolute Gasteiger partial charge is 0.325 e. The molecule has 5 amide bonds. The lowest BCUT2D eigenvalue weighted by Crippen LogP contribution is -2.65. The van der Waals surface area contributed by atoms with Gasteiger partial charge < -0.3 is 133 Å². The molecule has 7 bridgehead atoms. The molecule has 3 aromatic carbocycles. The molecule has 6 aliphatic heterocycles. The third kappa shape index (κ3) is 19.0. The van der Waals surface area contributed by atoms with Crippen molar-refractivity contribution in [2.24, 2.45) is 28.3 Å². The van der Waals surface area contributed by atoms with Crippen LogP contribution in [0.3, 0.4) is 0 Å². The van der Waals surface area contributed by atoms with Crippen molar-refractivity contribution >= 4 is 82.4 Å². The van der Waals surface area contributed by atoms with Crippen molar-refractivity contribution in [1.29, 1.82) is 0 Å². The summed E-state index contributed by atoms with van der Waals surface area (Å²) in [4.78, 5) is 105. The first-order valence-corrected chi connectivity index (χ1v) is 40.0. The van der Waals surface area contributed by atoms with Gasteiger partial charge in [-0.1, -0.05) is 97.8 Å². The lowest BCUT2D eigenvalue weighted by molar-refractivity contribution is -0.334. The van der Waals surface area contributed by atoms with E-state index in [-0.39, 0.29) is 118 Å². The molecule has 2 saturated heterocycles. The zero-order chi connectivity index (χ0) is 85.3. The Morgan fingerprint density at radius 2 is 1.51 bits per heavy atom. The topological polar surface area (TPSA) is 526 Å². The van der Waals surface area contributed by atoms with Crippen molar-refractivity contribution in [1.82, 2.24) is 37.2 Å². The maximum atomic E-state index is 15.8. The number of aliphatic carboxylic acids is 1. The Kier molecular flexibility index (Phi) is 27.8. The quantitative estimate of drug-likeness (QED) is 0.0384. The van der Waals surface area contributed by atoms with Gasteiger partial charge in [0, 0.05) is 54.3 Å². The van der Waals surface area contributed by atoms with Crippen LogP contribution in [0.2, 0.25) is 5.02 Å². The summed E-state index contributed by atoms with van der Waals surface area (Å²) >= 11 is 20.7. The van der Waals surface area contributed by atoms with Gasteiger partial charge in [0.15, 0.2) is 29.9 Å². The second-order valence-corrected chi connectivity index (χ2v) is 32.8. The highest BCUT2D eigenvalue weighted by Crippen LogP contribution is 2.55. The summed E-state index contributed by atoms with van der Waals surface area (Å²) in [5.41, 5.74) is 14.3. The number of carboxylic acid groups (broad SMARTS) is 1. The van der Waals surface area contributed by atoms with E-state index in [9.17, 15) is 70.2 Å². The third-order valence-corrected chi connectivity index (χ3v) is 23.8. The number of amides is 5. The number of nitrogens with zero attached hydrogens (tertiary/aromatic N) is 1. The number of nitrogens with one attached hydrogen (secondary N) is 7. The number of fused-ring (bicyclic) bond motifs is 17. The largest absolute Gasteiger partial charge is 0.480 e. The molecule has 7 unspecified atom stereocenters. The number of primary amides is 1. The number of rotatable bonds is 22. The molecule has 36 heteroatoms. The van der Waals surface area contributed by atoms with Crippen LogP contribution >= 0.6 is 34.8 Å². The molecule has 33 nitrogen and oxygen atoms in total. The summed E-state index contributed by atoms with van der Waals surface area (Å²) in [5.74, 6) is -13.0. The number of ether oxygens (including phenoxy) is 6. The number of allylic oxidation sites excluding steroid dienone is 8. The van der Waals surface area contributed by atoms with Crippen LogP contribution in [0.15, 0.2) is 158 Å². The number of alkyl halides is 1. The molecule has 14 rings (SSSR count). The number of likely N-dealkylation sites (N-methyl/N-ethyl adjacent to an activating group) is 2. The number of aliphatic hydroxyl groups excluding tert-OH is 7. The van der Waals surface area contributed by atoms with E-state index in [1.807, 2.05) is 50.2 Å². The average molecular weight is 1700 g/mol. The molecule has 21 N–H and O–H groups in total. The monoisotopic (exact) mass is 1700 g/mol. The minimum atomic E-state index is -2.80. The SMILES string of the molecule is CN[C@H](C(=O)O)C1=CC(O)CC2=C1C1CC(C3N=C(N)[C@@H]4NC(=O)[C@H](CCC(N)=O)NC(=O)[C@H](NC(=O)[C@@H](CC(C)C)NC)[C@H](O)C5=CC(Cl)=C(CC5)Oc5cc4cc(c5O[C@H]4OC(CO)C(O)[C@H](O)[C@@H]4O[C@H]4CC(C)(NCc5ccc(-c6ccc(Cl)cc6)cc5)[C@H](O)[C@H](C)O4)OC4=CC=C(CC4Cl)[C@@H](O)[C@@H](C=O)NC3=O)=CC=C1C2(O)O. The van der Waals surface area contributed by atoms with Crippen molar-refractivity contribution in [2.75, 3.05) is 20.7 Å². The molecule has 21 atom stereocenters. The standard InChI is InChI=1S/C82H99Cl3N10O23/c1-35(2)23-53(88-5)76(106)95-66-68(101)42-15-21-56(51(85)26-42)115-58-28-43-27-57(71(58)118-80-72(70(103)69(102)59(34-97)116-80)117-61-31-81(4,73(104)36(3)113-61)90-32-37-7-9-38(10-8-37)39-11-16-44(83)17-12-39)114-55-20-14-41(25-50(55)84)67(100)54(33-96)92-77(107)64(93-74(87)63(43)94-75(105)52(91-78(66)108)19-22-60(86)99)40-13-18-48-46(24-40)62-47(65(89-6)79(109)110)29-45(98)30-49(62)82(48,111)112/h7-14,16-18,20,26-29,33,35-36,45-46,50,52-54,59,61,63-70,72-73,80,88-90,97-98,100-104,111-112H,15,19,21-25,30-32,34H2,1-6H3,(H2,86,99)(H2,87,93)(H,91,108)(H,92,107)(H,94,105)(H,95,106)(H,109,110)/t36-,45?,46?,50?,52-,53+,54+,59?,61-,63+,64?,65-,66+,67+,68+,69?,70-,72-,73+,80+,81?/m0/s1. The van der Waals surface area contributed by atoms with Gasteiger partial charge in [-0.25, -0.2) is 0 Å². The number of carboxylic acids is 1. The minimum absolute atomic E-state index is 0.0272. The molecule has 6 heterocycles. The number of aliphatic hydroxyl groups is 9. The second-order valence-electron chi connectivity index (χ2n) is 31.5. The van der Waals surface area contributed by atoms with Crippen molar-refractivity contribution in [3.63, 3.8) is 0 Å². The van der Waals surface area contributed by atoms with Crippen molar-refractivity contribution in [3.05, 3.63) is 169 Å². The number of benzene rings is 3. The number of aliphatic imine (C=N–C) groups is 1. The van der Waals surface area contributed by atoms with E-state index in [1.54, 1.807) is 26.0 Å². The molecular formula is C82H99Cl3N10O23. The first-order valence-electron chi connectivity index (χ1n) is 38.8.